The van der Waals surface area contributed by atoms with Crippen LogP contribution in [0.3, 0.4) is 0 Å². The monoisotopic (exact) mass is 124 g/mol. The molecule has 46 valence electrons. The molecule has 0 aromatic rings. The first-order valence-electron chi connectivity index (χ1n) is 1.87. The zero-order chi connectivity index (χ0) is 4.99. The van der Waals surface area contributed by atoms with Crippen molar-refractivity contribution in [3.8, 4) is 0 Å². The highest BCUT2D eigenvalue weighted by molar-refractivity contribution is 6.92. The second-order valence-electron chi connectivity index (χ2n) is 1.04. The van der Waals surface area contributed by atoms with E-state index in [2.05, 4.69) is 9.47 Å². The van der Waals surface area contributed by atoms with Gasteiger partial charge in [-0.15, -0.1) is 0 Å². The minimum Gasteiger partial charge on any atom is -0.356 e. The van der Waals surface area contributed by atoms with Gasteiger partial charge >= 0.3 is 0 Å². The molecule has 0 aromatic carbocycles. The molecule has 7 heavy (non-hydrogen) atoms. The van der Waals surface area contributed by atoms with Crippen LogP contribution < -0.4 is 0 Å². The van der Waals surface area contributed by atoms with Crippen molar-refractivity contribution in [3.63, 3.8) is 0 Å². The molecular weight excluding hydrogens is 111 g/mol. The maximum atomic E-state index is 4.68. The van der Waals surface area contributed by atoms with Crippen LogP contribution in [0.4, 0.5) is 0 Å². The molecule has 0 rings (SSSR count). The Kier molecular flexibility index (Phi) is 9.39. The van der Waals surface area contributed by atoms with Crippen LogP contribution in [0, 0.1) is 0 Å². The second kappa shape index (κ2) is 6.35. The normalized spacial score (nSPS) is 8.57. The van der Waals surface area contributed by atoms with Gasteiger partial charge in [0.1, 0.15) is 0 Å². The average molecular weight is 124 g/mol. The lowest BCUT2D eigenvalue weighted by Gasteiger charge is -2.03. The molecule has 2 nitrogen and oxygen atoms in total. The Morgan fingerprint density at radius 1 is 1.14 bits per heavy atom. The molecule has 0 spiro atoms. The van der Waals surface area contributed by atoms with Gasteiger partial charge in [-0.1, -0.05) is 0 Å². The maximum Gasteiger partial charge on any atom is 0.154 e. The first-order valence-corrected chi connectivity index (χ1v) is 1.87. The molecule has 0 aromatic heterocycles. The Morgan fingerprint density at radius 2 is 1.43 bits per heavy atom. The summed E-state index contributed by atoms with van der Waals surface area (Å²) in [6, 6.07) is 0. The molecule has 0 heterocycles. The number of hydrogen-bond acceptors (Lipinski definition) is 2. The predicted molar refractivity (Wildman–Crippen MR) is 34.6 cm³/mol. The lowest BCUT2D eigenvalue weighted by Crippen LogP contribution is -2.05. The van der Waals surface area contributed by atoms with Gasteiger partial charge in [0, 0.05) is 14.2 Å². The molecule has 0 saturated carbocycles. The highest BCUT2D eigenvalue weighted by Gasteiger charge is 1.87. The van der Waals surface area contributed by atoms with Crippen LogP contribution >= 0.6 is 9.90 Å². The molecular formula is C4H13O2P. The van der Waals surface area contributed by atoms with Gasteiger partial charge in [0.25, 0.3) is 0 Å². The Labute approximate surface area is 47.8 Å². The minimum absolute atomic E-state index is 0. The van der Waals surface area contributed by atoms with Gasteiger partial charge in [-0.25, -0.2) is 0 Å². The molecule has 3 heteroatoms. The number of hydrogen-bond donors (Lipinski definition) is 0. The smallest absolute Gasteiger partial charge is 0.154 e. The van der Waals surface area contributed by atoms with E-state index in [1.54, 1.807) is 14.2 Å². The molecule has 0 saturated heterocycles. The summed E-state index contributed by atoms with van der Waals surface area (Å²) in [4.78, 5) is 0. The van der Waals surface area contributed by atoms with Crippen LogP contribution in [0.25, 0.3) is 0 Å². The largest absolute Gasteiger partial charge is 0.356 e. The average Bonchev–Trinajstić information content (AvgIpc) is 1.65. The van der Waals surface area contributed by atoms with Gasteiger partial charge in [-0.05, 0) is 6.92 Å². The van der Waals surface area contributed by atoms with Crippen molar-refractivity contribution in [2.24, 2.45) is 0 Å². The summed E-state index contributed by atoms with van der Waals surface area (Å²) in [6.45, 7) is 1.83. The van der Waals surface area contributed by atoms with Crippen molar-refractivity contribution in [2.45, 2.75) is 13.2 Å². The highest BCUT2D eigenvalue weighted by atomic mass is 31.0. The maximum absolute atomic E-state index is 4.68. The molecule has 0 aliphatic heterocycles. The molecule has 0 bridgehead atoms. The SMILES string of the molecule is COC(C)OC.P. The van der Waals surface area contributed by atoms with Crippen molar-refractivity contribution < 1.29 is 9.47 Å². The third kappa shape index (κ3) is 6.35. The Morgan fingerprint density at radius 3 is 1.43 bits per heavy atom. The van der Waals surface area contributed by atoms with Crippen LogP contribution in [0.15, 0.2) is 0 Å². The fourth-order valence-electron chi connectivity index (χ4n) is 0.0962. The zero-order valence-electron chi connectivity index (χ0n) is 5.10. The first-order chi connectivity index (χ1) is 2.81. The van der Waals surface area contributed by atoms with Gasteiger partial charge < -0.3 is 9.47 Å². The summed E-state index contributed by atoms with van der Waals surface area (Å²) in [5.41, 5.74) is 0. The van der Waals surface area contributed by atoms with Crippen molar-refractivity contribution in [1.29, 1.82) is 0 Å². The third-order valence-electron chi connectivity index (χ3n) is 0.664. The lowest BCUT2D eigenvalue weighted by atomic mass is 10.8. The van der Waals surface area contributed by atoms with E-state index in [0.29, 0.717) is 0 Å². The van der Waals surface area contributed by atoms with Gasteiger partial charge in [-0.3, -0.25) is 0 Å². The van der Waals surface area contributed by atoms with Crippen LogP contribution in [0.5, 0.6) is 0 Å². The van der Waals surface area contributed by atoms with E-state index in [1.165, 1.54) is 0 Å². The standard InChI is InChI=1S/C4H10O2.H3P/c1-4(5-2)6-3;/h4H,1-3H3;1H3. The number of ether oxygens (including phenoxy) is 2. The number of rotatable bonds is 2. The van der Waals surface area contributed by atoms with E-state index in [9.17, 15) is 0 Å². The van der Waals surface area contributed by atoms with Gasteiger partial charge in [0.15, 0.2) is 6.29 Å². The van der Waals surface area contributed by atoms with Crippen molar-refractivity contribution in [1.82, 2.24) is 0 Å². The Hall–Kier alpha value is 0.350. The molecule has 0 aliphatic carbocycles. The Bertz CT molecular complexity index is 28.9. The minimum atomic E-state index is -0.0648. The summed E-state index contributed by atoms with van der Waals surface area (Å²) in [5, 5.41) is 0. The number of methoxy groups -OCH3 is 2. The van der Waals surface area contributed by atoms with Gasteiger partial charge in [0.05, 0.1) is 0 Å². The van der Waals surface area contributed by atoms with Gasteiger partial charge in [-0.2, -0.15) is 9.90 Å². The van der Waals surface area contributed by atoms with Crippen LogP contribution in [-0.2, 0) is 9.47 Å². The third-order valence-corrected chi connectivity index (χ3v) is 0.664. The summed E-state index contributed by atoms with van der Waals surface area (Å²) in [5.74, 6) is 0. The molecule has 0 N–H and O–H groups in total. The summed E-state index contributed by atoms with van der Waals surface area (Å²) in [6.07, 6.45) is -0.0648. The highest BCUT2D eigenvalue weighted by Crippen LogP contribution is 1.82. The molecule has 0 radical (unpaired) electrons. The lowest BCUT2D eigenvalue weighted by molar-refractivity contribution is -0.0877. The Balaban J connectivity index is 0. The van der Waals surface area contributed by atoms with Crippen LogP contribution in [0.1, 0.15) is 6.92 Å². The molecule has 0 aliphatic rings. The fourth-order valence-corrected chi connectivity index (χ4v) is 0.0962. The van der Waals surface area contributed by atoms with Crippen LogP contribution in [0.2, 0.25) is 0 Å². The van der Waals surface area contributed by atoms with Crippen LogP contribution in [-0.4, -0.2) is 20.5 Å². The molecule has 0 amide bonds. The molecule has 1 atom stereocenters. The van der Waals surface area contributed by atoms with E-state index < -0.39 is 0 Å². The van der Waals surface area contributed by atoms with E-state index in [4.69, 9.17) is 0 Å². The quantitative estimate of drug-likeness (QED) is 0.398. The summed E-state index contributed by atoms with van der Waals surface area (Å²) >= 11 is 0. The zero-order valence-corrected chi connectivity index (χ0v) is 6.52. The summed E-state index contributed by atoms with van der Waals surface area (Å²) in [7, 11) is 3.21. The van der Waals surface area contributed by atoms with E-state index >= 15 is 0 Å². The first kappa shape index (κ1) is 10.4. The van der Waals surface area contributed by atoms with Gasteiger partial charge in [0.2, 0.25) is 0 Å². The van der Waals surface area contributed by atoms with E-state index in [1.807, 2.05) is 6.92 Å². The van der Waals surface area contributed by atoms with E-state index in [-0.39, 0.29) is 16.2 Å². The topological polar surface area (TPSA) is 18.5 Å². The van der Waals surface area contributed by atoms with E-state index in [0.717, 1.165) is 0 Å². The molecule has 0 fully saturated rings. The van der Waals surface area contributed by atoms with Crippen molar-refractivity contribution in [3.05, 3.63) is 0 Å². The second-order valence-corrected chi connectivity index (χ2v) is 1.04. The predicted octanol–water partition coefficient (Wildman–Crippen LogP) is 0.683. The van der Waals surface area contributed by atoms with Crippen molar-refractivity contribution >= 4 is 9.90 Å². The molecule has 1 unspecified atom stereocenters. The fraction of sp³-hybridized carbons (Fsp3) is 1.00. The summed E-state index contributed by atoms with van der Waals surface area (Å²) < 4.78 is 9.35. The van der Waals surface area contributed by atoms with Crippen molar-refractivity contribution in [2.75, 3.05) is 14.2 Å².